The molecular weight excluding hydrogens is 328 g/mol. The molecule has 2 fully saturated rings. The minimum absolute atomic E-state index is 0. The standard InChI is InChI=1S/C19H26N4O2.CH4/c1-19(2)10-4-8-14(25-19)12-16(24)22-18-21-15-9-5-11-20-17(15)23(18)13-6-3-7-13;/h5,9,11,13-14H,3-4,6-8,10,12H2,1-2H3,(H,21,22,24);1H4/t14-;/m1./s1. The molecule has 2 aliphatic rings. The third-order valence-corrected chi connectivity index (χ3v) is 5.34. The predicted molar refractivity (Wildman–Crippen MR) is 103 cm³/mol. The van der Waals surface area contributed by atoms with Gasteiger partial charge >= 0.3 is 0 Å². The minimum Gasteiger partial charge on any atom is -0.372 e. The number of nitrogens with one attached hydrogen (secondary N) is 1. The molecule has 3 heterocycles. The summed E-state index contributed by atoms with van der Waals surface area (Å²) >= 11 is 0. The third kappa shape index (κ3) is 3.75. The number of imidazole rings is 1. The molecule has 0 unspecified atom stereocenters. The van der Waals surface area contributed by atoms with Gasteiger partial charge in [-0.3, -0.25) is 14.7 Å². The van der Waals surface area contributed by atoms with E-state index in [1.54, 1.807) is 6.20 Å². The van der Waals surface area contributed by atoms with Gasteiger partial charge in [0.25, 0.3) is 0 Å². The van der Waals surface area contributed by atoms with Crippen LogP contribution in [0.25, 0.3) is 11.2 Å². The van der Waals surface area contributed by atoms with Crippen molar-refractivity contribution in [1.29, 1.82) is 0 Å². The van der Waals surface area contributed by atoms with Gasteiger partial charge in [0.1, 0.15) is 5.52 Å². The number of rotatable bonds is 4. The van der Waals surface area contributed by atoms with Crippen LogP contribution in [0.1, 0.15) is 72.3 Å². The van der Waals surface area contributed by atoms with Crippen molar-refractivity contribution in [1.82, 2.24) is 14.5 Å². The number of ether oxygens (including phenoxy) is 1. The van der Waals surface area contributed by atoms with Gasteiger partial charge in [-0.1, -0.05) is 7.43 Å². The zero-order chi connectivity index (χ0) is 17.4. The topological polar surface area (TPSA) is 69.0 Å². The Hall–Kier alpha value is -1.95. The van der Waals surface area contributed by atoms with Gasteiger partial charge in [-0.15, -0.1) is 0 Å². The molecule has 1 aliphatic heterocycles. The average Bonchev–Trinajstić information content (AvgIpc) is 2.83. The number of hydrogen-bond donors (Lipinski definition) is 1. The fraction of sp³-hybridized carbons (Fsp3) is 0.650. The summed E-state index contributed by atoms with van der Waals surface area (Å²) in [6.07, 6.45) is 8.70. The van der Waals surface area contributed by atoms with Gasteiger partial charge in [0.05, 0.1) is 18.1 Å². The van der Waals surface area contributed by atoms with E-state index in [0.29, 0.717) is 18.4 Å². The molecule has 1 atom stereocenters. The lowest BCUT2D eigenvalue weighted by Crippen LogP contribution is -2.37. The number of aromatic nitrogens is 3. The number of fused-ring (bicyclic) bond motifs is 1. The summed E-state index contributed by atoms with van der Waals surface area (Å²) in [5.41, 5.74) is 1.56. The highest BCUT2D eigenvalue weighted by molar-refractivity contribution is 5.91. The van der Waals surface area contributed by atoms with E-state index in [0.717, 1.165) is 43.3 Å². The van der Waals surface area contributed by atoms with Crippen LogP contribution in [-0.2, 0) is 9.53 Å². The molecule has 0 bridgehead atoms. The van der Waals surface area contributed by atoms with E-state index in [4.69, 9.17) is 4.74 Å². The van der Waals surface area contributed by atoms with E-state index in [9.17, 15) is 4.79 Å². The fourth-order valence-electron chi connectivity index (χ4n) is 3.86. The predicted octanol–water partition coefficient (Wildman–Crippen LogP) is 4.47. The molecule has 0 radical (unpaired) electrons. The number of pyridine rings is 1. The van der Waals surface area contributed by atoms with E-state index in [1.807, 2.05) is 12.1 Å². The first-order chi connectivity index (χ1) is 12.0. The minimum atomic E-state index is -0.133. The summed E-state index contributed by atoms with van der Waals surface area (Å²) < 4.78 is 8.15. The molecule has 26 heavy (non-hydrogen) atoms. The van der Waals surface area contributed by atoms with Crippen molar-refractivity contribution in [3.8, 4) is 0 Å². The summed E-state index contributed by atoms with van der Waals surface area (Å²) in [5.74, 6) is 0.594. The zero-order valence-electron chi connectivity index (χ0n) is 15.0. The number of nitrogens with zero attached hydrogens (tertiary/aromatic N) is 3. The van der Waals surface area contributed by atoms with Crippen LogP contribution in [0.5, 0.6) is 0 Å². The second-order valence-corrected chi connectivity index (χ2v) is 7.88. The van der Waals surface area contributed by atoms with Crippen molar-refractivity contribution < 1.29 is 9.53 Å². The van der Waals surface area contributed by atoms with Gasteiger partial charge in [0, 0.05) is 12.2 Å². The maximum Gasteiger partial charge on any atom is 0.229 e. The molecular formula is C20H30N4O2. The molecule has 6 nitrogen and oxygen atoms in total. The summed E-state index contributed by atoms with van der Waals surface area (Å²) in [7, 11) is 0. The SMILES string of the molecule is C.CC1(C)CCC[C@H](CC(=O)Nc2nc3cccnc3n2C2CCC2)O1. The van der Waals surface area contributed by atoms with Crippen LogP contribution < -0.4 is 5.32 Å². The van der Waals surface area contributed by atoms with E-state index >= 15 is 0 Å². The Morgan fingerprint density at radius 3 is 2.85 bits per heavy atom. The highest BCUT2D eigenvalue weighted by Crippen LogP contribution is 2.36. The molecule has 4 rings (SSSR count). The lowest BCUT2D eigenvalue weighted by atomic mass is 9.93. The third-order valence-electron chi connectivity index (χ3n) is 5.34. The number of hydrogen-bond acceptors (Lipinski definition) is 4. The van der Waals surface area contributed by atoms with Crippen molar-refractivity contribution in [3.05, 3.63) is 18.3 Å². The van der Waals surface area contributed by atoms with E-state index in [-0.39, 0.29) is 25.0 Å². The molecule has 0 spiro atoms. The number of anilines is 1. The Morgan fingerprint density at radius 1 is 1.35 bits per heavy atom. The second kappa shape index (κ2) is 7.35. The monoisotopic (exact) mass is 358 g/mol. The molecule has 2 aromatic rings. The number of carbonyl (C=O) groups excluding carboxylic acids is 1. The fourth-order valence-corrected chi connectivity index (χ4v) is 3.86. The summed E-state index contributed by atoms with van der Waals surface area (Å²) in [6.45, 7) is 4.19. The molecule has 1 aliphatic carbocycles. The van der Waals surface area contributed by atoms with Gasteiger partial charge in [-0.25, -0.2) is 9.97 Å². The first-order valence-electron chi connectivity index (χ1n) is 9.32. The average molecular weight is 358 g/mol. The lowest BCUT2D eigenvalue weighted by molar-refractivity contribution is -0.131. The van der Waals surface area contributed by atoms with Crippen molar-refractivity contribution in [2.24, 2.45) is 0 Å². The van der Waals surface area contributed by atoms with Crippen molar-refractivity contribution in [2.45, 2.75) is 84.0 Å². The van der Waals surface area contributed by atoms with Gasteiger partial charge < -0.3 is 4.74 Å². The van der Waals surface area contributed by atoms with Crippen LogP contribution in [0.3, 0.4) is 0 Å². The maximum absolute atomic E-state index is 12.6. The summed E-state index contributed by atoms with van der Waals surface area (Å²) in [4.78, 5) is 21.7. The summed E-state index contributed by atoms with van der Waals surface area (Å²) in [6, 6.07) is 4.21. The van der Waals surface area contributed by atoms with E-state index in [1.165, 1.54) is 6.42 Å². The van der Waals surface area contributed by atoms with Gasteiger partial charge in [-0.2, -0.15) is 0 Å². The maximum atomic E-state index is 12.6. The van der Waals surface area contributed by atoms with Crippen LogP contribution in [0, 0.1) is 0 Å². The van der Waals surface area contributed by atoms with Gasteiger partial charge in [0.2, 0.25) is 11.9 Å². The Kier molecular flexibility index (Phi) is 5.32. The molecule has 1 saturated heterocycles. The Balaban J connectivity index is 0.00000196. The highest BCUT2D eigenvalue weighted by atomic mass is 16.5. The second-order valence-electron chi connectivity index (χ2n) is 7.88. The number of amides is 1. The normalized spacial score (nSPS) is 22.5. The van der Waals surface area contributed by atoms with Gasteiger partial charge in [0.15, 0.2) is 5.65 Å². The Bertz CT molecular complexity index is 779. The smallest absolute Gasteiger partial charge is 0.229 e. The van der Waals surface area contributed by atoms with Crippen LogP contribution in [-0.4, -0.2) is 32.1 Å². The molecule has 1 N–H and O–H groups in total. The molecule has 0 aromatic carbocycles. The first kappa shape index (κ1) is 18.8. The first-order valence-corrected chi connectivity index (χ1v) is 9.32. The Labute approximate surface area is 155 Å². The van der Waals surface area contributed by atoms with Gasteiger partial charge in [-0.05, 0) is 64.5 Å². The summed E-state index contributed by atoms with van der Waals surface area (Å²) in [5, 5.41) is 3.02. The Morgan fingerprint density at radius 2 is 2.15 bits per heavy atom. The van der Waals surface area contributed by atoms with Crippen molar-refractivity contribution in [2.75, 3.05) is 5.32 Å². The van der Waals surface area contributed by atoms with Crippen molar-refractivity contribution >= 4 is 23.0 Å². The van der Waals surface area contributed by atoms with Crippen LogP contribution in [0.2, 0.25) is 0 Å². The lowest BCUT2D eigenvalue weighted by Gasteiger charge is -2.35. The molecule has 2 aromatic heterocycles. The number of carbonyl (C=O) groups is 1. The largest absolute Gasteiger partial charge is 0.372 e. The van der Waals surface area contributed by atoms with Crippen LogP contribution in [0.15, 0.2) is 18.3 Å². The highest BCUT2D eigenvalue weighted by Gasteiger charge is 2.31. The molecule has 1 saturated carbocycles. The van der Waals surface area contributed by atoms with Crippen molar-refractivity contribution in [3.63, 3.8) is 0 Å². The van der Waals surface area contributed by atoms with E-state index < -0.39 is 0 Å². The van der Waals surface area contributed by atoms with E-state index in [2.05, 4.69) is 33.7 Å². The molecule has 6 heteroatoms. The van der Waals surface area contributed by atoms with Crippen LogP contribution >= 0.6 is 0 Å². The zero-order valence-corrected chi connectivity index (χ0v) is 15.0. The van der Waals surface area contributed by atoms with Crippen LogP contribution in [0.4, 0.5) is 5.95 Å². The quantitative estimate of drug-likeness (QED) is 0.875. The molecule has 1 amide bonds. The molecule has 142 valence electrons.